The monoisotopic (exact) mass is 301 g/mol. The topological polar surface area (TPSA) is 68.0 Å². The molecule has 0 spiro atoms. The molecule has 0 aliphatic rings. The number of anilines is 1. The number of halogens is 3. The minimum atomic E-state index is -4.40. The Kier molecular flexibility index (Phi) is 3.93. The van der Waals surface area contributed by atoms with Gasteiger partial charge in [0, 0.05) is 6.54 Å². The highest BCUT2D eigenvalue weighted by molar-refractivity contribution is 7.17. The molecule has 1 heterocycles. The number of amides is 1. The Bertz CT molecular complexity index is 624. The molecule has 2 aromatic rings. The van der Waals surface area contributed by atoms with E-state index < -0.39 is 17.6 Å². The second-order valence-corrected chi connectivity index (χ2v) is 5.01. The van der Waals surface area contributed by atoms with Gasteiger partial charge in [0.1, 0.15) is 4.88 Å². The zero-order valence-corrected chi connectivity index (χ0v) is 10.9. The van der Waals surface area contributed by atoms with E-state index in [2.05, 4.69) is 10.3 Å². The molecular weight excluding hydrogens is 291 g/mol. The van der Waals surface area contributed by atoms with Gasteiger partial charge < -0.3 is 11.1 Å². The van der Waals surface area contributed by atoms with Gasteiger partial charge in [0.15, 0.2) is 5.13 Å². The quantitative estimate of drug-likeness (QED) is 0.916. The Morgan fingerprint density at radius 3 is 2.75 bits per heavy atom. The lowest BCUT2D eigenvalue weighted by molar-refractivity contribution is -0.137. The number of carbonyl (C=O) groups is 1. The average Bonchev–Trinajstić information content (AvgIpc) is 2.82. The van der Waals surface area contributed by atoms with Crippen LogP contribution in [0.25, 0.3) is 0 Å². The van der Waals surface area contributed by atoms with Crippen LogP contribution in [0, 0.1) is 0 Å². The van der Waals surface area contributed by atoms with Gasteiger partial charge in [-0.25, -0.2) is 4.98 Å². The minimum Gasteiger partial charge on any atom is -0.375 e. The van der Waals surface area contributed by atoms with Gasteiger partial charge in [0.05, 0.1) is 11.8 Å². The summed E-state index contributed by atoms with van der Waals surface area (Å²) >= 11 is 1.01. The smallest absolute Gasteiger partial charge is 0.375 e. The van der Waals surface area contributed by atoms with Crippen molar-refractivity contribution in [3.8, 4) is 0 Å². The fraction of sp³-hybridized carbons (Fsp3) is 0.167. The van der Waals surface area contributed by atoms with E-state index in [0.717, 1.165) is 23.5 Å². The molecule has 0 atom stereocenters. The number of aromatic nitrogens is 1. The number of alkyl halides is 3. The Morgan fingerprint density at radius 2 is 2.15 bits per heavy atom. The van der Waals surface area contributed by atoms with Crippen LogP contribution in [0.2, 0.25) is 0 Å². The molecule has 4 nitrogen and oxygen atoms in total. The molecule has 0 bridgehead atoms. The van der Waals surface area contributed by atoms with Gasteiger partial charge >= 0.3 is 6.18 Å². The minimum absolute atomic E-state index is 0.000554. The first-order chi connectivity index (χ1) is 9.36. The van der Waals surface area contributed by atoms with Crippen molar-refractivity contribution in [1.82, 2.24) is 10.3 Å². The molecule has 1 aromatic heterocycles. The summed E-state index contributed by atoms with van der Waals surface area (Å²) < 4.78 is 37.6. The maximum atomic E-state index is 12.5. The molecule has 106 valence electrons. The molecule has 0 aliphatic carbocycles. The van der Waals surface area contributed by atoms with Crippen LogP contribution in [0.3, 0.4) is 0 Å². The number of benzene rings is 1. The molecule has 0 fully saturated rings. The summed E-state index contributed by atoms with van der Waals surface area (Å²) in [7, 11) is 0. The van der Waals surface area contributed by atoms with E-state index in [4.69, 9.17) is 5.73 Å². The first-order valence-electron chi connectivity index (χ1n) is 5.52. The molecule has 0 saturated heterocycles. The zero-order chi connectivity index (χ0) is 14.8. The van der Waals surface area contributed by atoms with Crippen LogP contribution >= 0.6 is 11.3 Å². The fourth-order valence-corrected chi connectivity index (χ4v) is 2.12. The van der Waals surface area contributed by atoms with E-state index in [0.29, 0.717) is 10.4 Å². The molecule has 20 heavy (non-hydrogen) atoms. The Balaban J connectivity index is 2.02. The van der Waals surface area contributed by atoms with Gasteiger partial charge in [-0.05, 0) is 17.7 Å². The van der Waals surface area contributed by atoms with Gasteiger partial charge in [0.25, 0.3) is 5.91 Å². The normalized spacial score (nSPS) is 11.3. The van der Waals surface area contributed by atoms with Crippen LogP contribution in [0.15, 0.2) is 30.5 Å². The van der Waals surface area contributed by atoms with Crippen LogP contribution in [-0.4, -0.2) is 10.9 Å². The second kappa shape index (κ2) is 5.49. The van der Waals surface area contributed by atoms with Crippen LogP contribution in [-0.2, 0) is 12.7 Å². The lowest BCUT2D eigenvalue weighted by Crippen LogP contribution is -2.22. The van der Waals surface area contributed by atoms with Crippen LogP contribution < -0.4 is 11.1 Å². The van der Waals surface area contributed by atoms with Gasteiger partial charge in [-0.2, -0.15) is 13.2 Å². The van der Waals surface area contributed by atoms with Gasteiger partial charge in [-0.15, -0.1) is 0 Å². The van der Waals surface area contributed by atoms with Crippen molar-refractivity contribution in [3.05, 3.63) is 46.5 Å². The molecule has 0 saturated carbocycles. The summed E-state index contributed by atoms with van der Waals surface area (Å²) in [5, 5.41) is 2.77. The Hall–Kier alpha value is -2.09. The number of nitrogens with one attached hydrogen (secondary N) is 1. The third-order valence-electron chi connectivity index (χ3n) is 2.45. The van der Waals surface area contributed by atoms with E-state index in [-0.39, 0.29) is 11.7 Å². The highest BCUT2D eigenvalue weighted by Crippen LogP contribution is 2.29. The summed E-state index contributed by atoms with van der Waals surface area (Å²) in [4.78, 5) is 15.7. The van der Waals surface area contributed by atoms with Gasteiger partial charge in [-0.1, -0.05) is 23.5 Å². The van der Waals surface area contributed by atoms with E-state index in [9.17, 15) is 18.0 Å². The number of nitrogens with zero attached hydrogens (tertiary/aromatic N) is 1. The van der Waals surface area contributed by atoms with Crippen molar-refractivity contribution >= 4 is 22.4 Å². The molecule has 3 N–H and O–H groups in total. The number of rotatable bonds is 3. The maximum Gasteiger partial charge on any atom is 0.416 e. The number of hydrogen-bond donors (Lipinski definition) is 2. The number of nitrogens with two attached hydrogens (primary N) is 1. The van der Waals surface area contributed by atoms with Crippen LogP contribution in [0.5, 0.6) is 0 Å². The summed E-state index contributed by atoms with van der Waals surface area (Å²) in [6.07, 6.45) is -3.08. The molecule has 0 aliphatic heterocycles. The second-order valence-electron chi connectivity index (χ2n) is 3.94. The van der Waals surface area contributed by atoms with Crippen LogP contribution in [0.4, 0.5) is 18.3 Å². The van der Waals surface area contributed by atoms with Crippen molar-refractivity contribution in [2.45, 2.75) is 12.7 Å². The van der Waals surface area contributed by atoms with E-state index in [1.807, 2.05) is 0 Å². The molecule has 0 unspecified atom stereocenters. The number of carbonyl (C=O) groups excluding carboxylic acids is 1. The van der Waals surface area contributed by atoms with Crippen LogP contribution in [0.1, 0.15) is 20.8 Å². The summed E-state index contributed by atoms with van der Waals surface area (Å²) in [5.74, 6) is -0.420. The molecule has 0 radical (unpaired) electrons. The first kappa shape index (κ1) is 14.3. The maximum absolute atomic E-state index is 12.5. The standard InChI is InChI=1S/C12H10F3N3OS/c13-12(14,15)8-3-1-2-7(4-8)5-17-10(19)9-6-18-11(16)20-9/h1-4,6H,5H2,(H2,16,18)(H,17,19). The van der Waals surface area contributed by atoms with Crippen molar-refractivity contribution < 1.29 is 18.0 Å². The first-order valence-corrected chi connectivity index (χ1v) is 6.33. The van der Waals surface area contributed by atoms with Crippen molar-refractivity contribution in [3.63, 3.8) is 0 Å². The van der Waals surface area contributed by atoms with Crippen molar-refractivity contribution in [2.75, 3.05) is 5.73 Å². The predicted molar refractivity (Wildman–Crippen MR) is 69.1 cm³/mol. The van der Waals surface area contributed by atoms with E-state index in [1.165, 1.54) is 18.3 Å². The Labute approximate surface area is 116 Å². The van der Waals surface area contributed by atoms with E-state index in [1.54, 1.807) is 0 Å². The highest BCUT2D eigenvalue weighted by Gasteiger charge is 2.30. The summed E-state index contributed by atoms with van der Waals surface area (Å²) in [6, 6.07) is 4.79. The number of nitrogen functional groups attached to an aromatic ring is 1. The Morgan fingerprint density at radius 1 is 1.40 bits per heavy atom. The summed E-state index contributed by atoms with van der Waals surface area (Å²) in [6.45, 7) is 0.000554. The molecule has 1 aromatic carbocycles. The third-order valence-corrected chi connectivity index (χ3v) is 3.28. The number of thiazole rings is 1. The molecule has 1 amide bonds. The predicted octanol–water partition coefficient (Wildman–Crippen LogP) is 2.67. The van der Waals surface area contributed by atoms with Gasteiger partial charge in [-0.3, -0.25) is 4.79 Å². The van der Waals surface area contributed by atoms with Crippen molar-refractivity contribution in [1.29, 1.82) is 0 Å². The molecule has 8 heteroatoms. The van der Waals surface area contributed by atoms with Gasteiger partial charge in [0.2, 0.25) is 0 Å². The van der Waals surface area contributed by atoms with Crippen molar-refractivity contribution in [2.24, 2.45) is 0 Å². The SMILES string of the molecule is Nc1ncc(C(=O)NCc2cccc(C(F)(F)F)c2)s1. The molecular formula is C12H10F3N3OS. The fourth-order valence-electron chi connectivity index (χ4n) is 1.52. The third kappa shape index (κ3) is 3.47. The lowest BCUT2D eigenvalue weighted by Gasteiger charge is -2.09. The average molecular weight is 301 g/mol. The summed E-state index contributed by atoms with van der Waals surface area (Å²) in [5.41, 5.74) is 5.02. The largest absolute Gasteiger partial charge is 0.416 e. The lowest BCUT2D eigenvalue weighted by atomic mass is 10.1. The zero-order valence-electron chi connectivity index (χ0n) is 10.1. The highest BCUT2D eigenvalue weighted by atomic mass is 32.1. The number of hydrogen-bond acceptors (Lipinski definition) is 4. The van der Waals surface area contributed by atoms with E-state index >= 15 is 0 Å². The molecule has 2 rings (SSSR count).